The van der Waals surface area contributed by atoms with Crippen LogP contribution in [0.3, 0.4) is 0 Å². The standard InChI is InChI=1S/C28H26N2O10S2/c1-13-5-7-15(3)19(11-13)41(35,36)39-29-25(31)21-17-9-10-18(22(21)26(29)32)24-23(17)27(33)30(28(24)34)40-42(37,38)20-12-14(2)6-8-16(20)4/h5-12,17-18,31-34H,1-4H3. The Morgan fingerprint density at radius 1 is 0.571 bits per heavy atom. The van der Waals surface area contributed by atoms with E-state index in [4.69, 9.17) is 8.57 Å². The number of hydrogen-bond acceptors (Lipinski definition) is 10. The number of aromatic hydroxyl groups is 4. The first-order valence-electron chi connectivity index (χ1n) is 12.7. The average Bonchev–Trinajstić information content (AvgIpc) is 3.33. The van der Waals surface area contributed by atoms with Crippen molar-refractivity contribution in [3.05, 3.63) is 93.1 Å². The third-order valence-corrected chi connectivity index (χ3v) is 10.3. The fourth-order valence-corrected chi connectivity index (χ4v) is 8.03. The van der Waals surface area contributed by atoms with Crippen LogP contribution >= 0.6 is 0 Å². The second kappa shape index (κ2) is 8.97. The highest BCUT2D eigenvalue weighted by atomic mass is 32.2. The van der Waals surface area contributed by atoms with Gasteiger partial charge in [-0.25, -0.2) is 0 Å². The predicted molar refractivity (Wildman–Crippen MR) is 148 cm³/mol. The first kappa shape index (κ1) is 27.6. The lowest BCUT2D eigenvalue weighted by Gasteiger charge is -2.30. The minimum atomic E-state index is -4.52. The third kappa shape index (κ3) is 3.85. The molecule has 2 heterocycles. The molecule has 4 N–H and O–H groups in total. The van der Waals surface area contributed by atoms with E-state index in [0.29, 0.717) is 31.7 Å². The van der Waals surface area contributed by atoms with Crippen LogP contribution < -0.4 is 8.57 Å². The largest absolute Gasteiger partial charge is 0.492 e. The number of benzene rings is 2. The molecule has 0 atom stereocenters. The van der Waals surface area contributed by atoms with Gasteiger partial charge >= 0.3 is 20.2 Å². The summed E-state index contributed by atoms with van der Waals surface area (Å²) < 4.78 is 63.7. The number of hydrogen-bond donors (Lipinski definition) is 4. The molecule has 2 bridgehead atoms. The van der Waals surface area contributed by atoms with Crippen LogP contribution in [0.1, 0.15) is 56.3 Å². The summed E-state index contributed by atoms with van der Waals surface area (Å²) >= 11 is 0. The number of aromatic nitrogens is 2. The Balaban J connectivity index is 1.43. The Labute approximate surface area is 241 Å². The van der Waals surface area contributed by atoms with E-state index in [2.05, 4.69) is 0 Å². The fourth-order valence-electron chi connectivity index (χ4n) is 5.61. The zero-order valence-corrected chi connectivity index (χ0v) is 24.4. The molecule has 3 aliphatic carbocycles. The van der Waals surface area contributed by atoms with Crippen molar-refractivity contribution in [2.24, 2.45) is 0 Å². The van der Waals surface area contributed by atoms with Crippen LogP contribution in [0.2, 0.25) is 0 Å². The first-order valence-corrected chi connectivity index (χ1v) is 15.5. The van der Waals surface area contributed by atoms with E-state index < -0.39 is 55.6 Å². The van der Waals surface area contributed by atoms with Gasteiger partial charge in [0.2, 0.25) is 23.5 Å². The zero-order valence-electron chi connectivity index (χ0n) is 22.7. The molecule has 0 saturated heterocycles. The second-order valence-corrected chi connectivity index (χ2v) is 13.5. The van der Waals surface area contributed by atoms with Gasteiger partial charge < -0.3 is 20.4 Å². The normalized spacial score (nSPS) is 17.2. The number of aryl methyl sites for hydroxylation is 4. The number of rotatable bonds is 6. The van der Waals surface area contributed by atoms with Crippen molar-refractivity contribution in [2.45, 2.75) is 49.3 Å². The van der Waals surface area contributed by atoms with E-state index in [1.54, 1.807) is 64.1 Å². The zero-order chi connectivity index (χ0) is 30.5. The summed E-state index contributed by atoms with van der Waals surface area (Å²) in [5.41, 5.74) is 2.09. The molecule has 2 aromatic heterocycles. The summed E-state index contributed by atoms with van der Waals surface area (Å²) in [5.74, 6) is -5.07. The third-order valence-electron chi connectivity index (χ3n) is 7.62. The smallest absolute Gasteiger partial charge is 0.357 e. The van der Waals surface area contributed by atoms with E-state index in [9.17, 15) is 37.3 Å². The van der Waals surface area contributed by atoms with Crippen molar-refractivity contribution in [3.8, 4) is 23.5 Å². The van der Waals surface area contributed by atoms with Gasteiger partial charge in [0.15, 0.2) is 0 Å². The molecule has 0 unspecified atom stereocenters. The van der Waals surface area contributed by atoms with Crippen molar-refractivity contribution >= 4 is 20.2 Å². The van der Waals surface area contributed by atoms with Crippen LogP contribution in [0.4, 0.5) is 0 Å². The van der Waals surface area contributed by atoms with Gasteiger partial charge in [0.1, 0.15) is 9.79 Å². The molecule has 2 aromatic carbocycles. The highest BCUT2D eigenvalue weighted by Gasteiger charge is 2.48. The van der Waals surface area contributed by atoms with E-state index >= 15 is 0 Å². The summed E-state index contributed by atoms with van der Waals surface area (Å²) in [6.07, 6.45) is 3.11. The highest BCUT2D eigenvalue weighted by Crippen LogP contribution is 2.60. The Kier molecular flexibility index (Phi) is 5.89. The van der Waals surface area contributed by atoms with Crippen LogP contribution in [0.25, 0.3) is 0 Å². The van der Waals surface area contributed by atoms with Crippen molar-refractivity contribution in [1.82, 2.24) is 9.46 Å². The quantitative estimate of drug-likeness (QED) is 0.236. The van der Waals surface area contributed by atoms with Gasteiger partial charge in [-0.15, -0.1) is 0 Å². The summed E-state index contributed by atoms with van der Waals surface area (Å²) in [5, 5.41) is 44.4. The van der Waals surface area contributed by atoms with Crippen LogP contribution in [0, 0.1) is 27.7 Å². The van der Waals surface area contributed by atoms with Crippen LogP contribution in [0.15, 0.2) is 58.3 Å². The van der Waals surface area contributed by atoms with Crippen molar-refractivity contribution in [1.29, 1.82) is 0 Å². The summed E-state index contributed by atoms with van der Waals surface area (Å²) in [6, 6.07) is 9.42. The molecule has 0 amide bonds. The lowest BCUT2D eigenvalue weighted by molar-refractivity contribution is 0.199. The van der Waals surface area contributed by atoms with E-state index in [1.165, 1.54) is 12.1 Å². The molecule has 0 saturated carbocycles. The molecule has 42 heavy (non-hydrogen) atoms. The van der Waals surface area contributed by atoms with Crippen molar-refractivity contribution < 1.29 is 45.8 Å². The second-order valence-electron chi connectivity index (χ2n) is 10.5. The monoisotopic (exact) mass is 614 g/mol. The first-order chi connectivity index (χ1) is 19.6. The Morgan fingerprint density at radius 2 is 0.881 bits per heavy atom. The Morgan fingerprint density at radius 3 is 1.19 bits per heavy atom. The van der Waals surface area contributed by atoms with Gasteiger partial charge in [0, 0.05) is 34.1 Å². The van der Waals surface area contributed by atoms with E-state index in [1.807, 2.05) is 0 Å². The maximum absolute atomic E-state index is 13.1. The highest BCUT2D eigenvalue weighted by molar-refractivity contribution is 7.87. The van der Waals surface area contributed by atoms with Crippen molar-refractivity contribution in [2.75, 3.05) is 0 Å². The Hall–Kier alpha value is -4.56. The average molecular weight is 615 g/mol. The molecule has 0 spiro atoms. The lowest BCUT2D eigenvalue weighted by atomic mass is 9.70. The molecule has 220 valence electrons. The summed E-state index contributed by atoms with van der Waals surface area (Å²) in [7, 11) is -9.05. The van der Waals surface area contributed by atoms with Crippen LogP contribution in [0.5, 0.6) is 23.5 Å². The van der Waals surface area contributed by atoms with Gasteiger partial charge in [-0.05, 0) is 62.1 Å². The SMILES string of the molecule is Cc1ccc(C)c(S(=O)(=O)On2c(O)c3c(c2O)C2C=CC3c3c2c(O)n(OS(=O)(=O)c2cc(C)ccc2C)c3O)c1. The molecular weight excluding hydrogens is 588 g/mol. The Bertz CT molecular complexity index is 1870. The van der Waals surface area contributed by atoms with E-state index in [-0.39, 0.29) is 32.0 Å². The predicted octanol–water partition coefficient (Wildman–Crippen LogP) is 3.13. The minimum absolute atomic E-state index is 0.00787. The van der Waals surface area contributed by atoms with Gasteiger partial charge in [0.25, 0.3) is 0 Å². The molecule has 0 aliphatic heterocycles. The maximum Gasteiger partial charge on any atom is 0.357 e. The molecule has 7 rings (SSSR count). The van der Waals surface area contributed by atoms with Gasteiger partial charge in [-0.1, -0.05) is 45.9 Å². The summed E-state index contributed by atoms with van der Waals surface area (Å²) in [6.45, 7) is 6.54. The molecule has 12 nitrogen and oxygen atoms in total. The molecule has 3 aliphatic rings. The minimum Gasteiger partial charge on any atom is -0.492 e. The van der Waals surface area contributed by atoms with Crippen LogP contribution in [-0.4, -0.2) is 46.7 Å². The molecule has 4 aromatic rings. The summed E-state index contributed by atoms with van der Waals surface area (Å²) in [4.78, 5) is -0.325. The fraction of sp³-hybridized carbons (Fsp3) is 0.214. The number of nitrogens with zero attached hydrogens (tertiary/aromatic N) is 2. The van der Waals surface area contributed by atoms with Gasteiger partial charge in [-0.2, -0.15) is 16.8 Å². The van der Waals surface area contributed by atoms with E-state index in [0.717, 1.165) is 0 Å². The molecular formula is C28H26N2O10S2. The topological polar surface area (TPSA) is 178 Å². The molecule has 0 radical (unpaired) electrons. The molecule has 0 fully saturated rings. The lowest BCUT2D eigenvalue weighted by Crippen LogP contribution is -2.21. The maximum atomic E-state index is 13.1. The van der Waals surface area contributed by atoms with Crippen molar-refractivity contribution in [3.63, 3.8) is 0 Å². The van der Waals surface area contributed by atoms with Crippen LogP contribution in [-0.2, 0) is 20.2 Å². The number of allylic oxidation sites excluding steroid dienone is 2. The van der Waals surface area contributed by atoms with Gasteiger partial charge in [-0.3, -0.25) is 8.57 Å². The van der Waals surface area contributed by atoms with Gasteiger partial charge in [0.05, 0.1) is 0 Å². The molecule has 14 heteroatoms.